The van der Waals surface area contributed by atoms with Gasteiger partial charge in [0, 0.05) is 23.2 Å². The number of halogens is 2. The Labute approximate surface area is 165 Å². The van der Waals surface area contributed by atoms with Gasteiger partial charge in [0.25, 0.3) is 5.91 Å². The number of anilines is 1. The Hall–Kier alpha value is -2.80. The molecule has 0 saturated heterocycles. The summed E-state index contributed by atoms with van der Waals surface area (Å²) in [5, 5.41) is 4.88. The molecule has 0 radical (unpaired) electrons. The second kappa shape index (κ2) is 9.78. The molecule has 3 aromatic heterocycles. The molecule has 3 N–H and O–H groups in total. The van der Waals surface area contributed by atoms with Gasteiger partial charge in [0.05, 0.1) is 16.4 Å². The molecule has 0 aliphatic carbocycles. The van der Waals surface area contributed by atoms with Crippen molar-refractivity contribution in [1.29, 1.82) is 0 Å². The average molecular weight is 403 g/mol. The first-order valence-corrected chi connectivity index (χ1v) is 8.78. The van der Waals surface area contributed by atoms with Gasteiger partial charge in [0.2, 0.25) is 0 Å². The monoisotopic (exact) mass is 402 g/mol. The Balaban J connectivity index is 0.000000614. The molecule has 0 aliphatic rings. The first kappa shape index (κ1) is 20.5. The number of hydrogen-bond donors (Lipinski definition) is 1. The maximum atomic E-state index is 12.4. The fourth-order valence-corrected chi connectivity index (χ4v) is 2.47. The quantitative estimate of drug-likeness (QED) is 0.404. The van der Waals surface area contributed by atoms with Crippen molar-refractivity contribution in [3.8, 4) is 0 Å². The molecule has 0 bridgehead atoms. The smallest absolute Gasteiger partial charge is 0.275 e. The van der Waals surface area contributed by atoms with Crippen molar-refractivity contribution < 1.29 is 10.3 Å². The lowest BCUT2D eigenvalue weighted by Crippen LogP contribution is -2.14. The summed E-state index contributed by atoms with van der Waals surface area (Å²) in [6.45, 7) is 0. The van der Waals surface area contributed by atoms with E-state index >= 15 is 0 Å². The molecular formula is C19H16Cl2N4O2. The fourth-order valence-electron chi connectivity index (χ4n) is 2.47. The molecule has 27 heavy (non-hydrogen) atoms. The van der Waals surface area contributed by atoms with Crippen molar-refractivity contribution in [2.24, 2.45) is 0 Å². The van der Waals surface area contributed by atoms with Gasteiger partial charge in [0.15, 0.2) is 0 Å². The standard InChI is InChI=1S/C18H12N4O.CH2Cl2.H2O/c23-18(22-15-5-1-2-10-19-15)14-9-8-13-7-6-12-4-3-11-20-16(12)17(13)21-14;2-1-3;/h1-11H,(H,19,22,23);1H2;1H2. The summed E-state index contributed by atoms with van der Waals surface area (Å²) in [7, 11) is 0. The molecule has 0 saturated carbocycles. The number of alkyl halides is 2. The van der Waals surface area contributed by atoms with Gasteiger partial charge in [-0.3, -0.25) is 9.78 Å². The van der Waals surface area contributed by atoms with E-state index in [2.05, 4.69) is 20.3 Å². The first-order chi connectivity index (χ1) is 12.7. The van der Waals surface area contributed by atoms with Gasteiger partial charge in [-0.1, -0.05) is 30.3 Å². The lowest BCUT2D eigenvalue weighted by Gasteiger charge is -2.06. The van der Waals surface area contributed by atoms with E-state index in [-0.39, 0.29) is 16.7 Å². The largest absolute Gasteiger partial charge is 0.412 e. The molecule has 4 rings (SSSR count). The van der Waals surface area contributed by atoms with Crippen LogP contribution in [0, 0.1) is 0 Å². The van der Waals surface area contributed by atoms with Gasteiger partial charge < -0.3 is 10.8 Å². The third-order valence-corrected chi connectivity index (χ3v) is 3.57. The summed E-state index contributed by atoms with van der Waals surface area (Å²) >= 11 is 9.53. The number of pyridine rings is 3. The van der Waals surface area contributed by atoms with Gasteiger partial charge in [-0.05, 0) is 24.3 Å². The van der Waals surface area contributed by atoms with Crippen LogP contribution >= 0.6 is 23.2 Å². The molecule has 4 aromatic rings. The van der Waals surface area contributed by atoms with Crippen LogP contribution in [0.5, 0.6) is 0 Å². The Morgan fingerprint density at radius 3 is 2.22 bits per heavy atom. The summed E-state index contributed by atoms with van der Waals surface area (Å²) < 4.78 is 0. The number of hydrogen-bond acceptors (Lipinski definition) is 4. The van der Waals surface area contributed by atoms with Crippen LogP contribution in [0.2, 0.25) is 0 Å². The number of carbonyl (C=O) groups excluding carboxylic acids is 1. The zero-order chi connectivity index (χ0) is 18.4. The summed E-state index contributed by atoms with van der Waals surface area (Å²) in [6.07, 6.45) is 3.35. The summed E-state index contributed by atoms with van der Waals surface area (Å²) in [5.74, 6) is 0.203. The molecule has 8 heteroatoms. The number of amides is 1. The maximum Gasteiger partial charge on any atom is 0.275 e. The highest BCUT2D eigenvalue weighted by Gasteiger charge is 2.11. The zero-order valence-corrected chi connectivity index (χ0v) is 15.6. The van der Waals surface area contributed by atoms with Gasteiger partial charge in [-0.25, -0.2) is 9.97 Å². The topological polar surface area (TPSA) is 99.3 Å². The van der Waals surface area contributed by atoms with Crippen LogP contribution in [0.25, 0.3) is 21.8 Å². The van der Waals surface area contributed by atoms with E-state index in [0.29, 0.717) is 11.5 Å². The molecular weight excluding hydrogens is 387 g/mol. The molecule has 138 valence electrons. The number of nitrogens with one attached hydrogen (secondary N) is 1. The predicted octanol–water partition coefficient (Wildman–Crippen LogP) is 4.03. The average Bonchev–Trinajstić information content (AvgIpc) is 2.69. The van der Waals surface area contributed by atoms with Crippen molar-refractivity contribution >= 4 is 56.7 Å². The van der Waals surface area contributed by atoms with E-state index in [1.54, 1.807) is 30.6 Å². The normalized spacial score (nSPS) is 9.85. The minimum Gasteiger partial charge on any atom is -0.412 e. The Kier molecular flexibility index (Phi) is 7.43. The van der Waals surface area contributed by atoms with Crippen molar-refractivity contribution in [3.63, 3.8) is 0 Å². The third kappa shape index (κ3) is 4.89. The van der Waals surface area contributed by atoms with Crippen molar-refractivity contribution in [1.82, 2.24) is 15.0 Å². The minimum absolute atomic E-state index is 0. The van der Waals surface area contributed by atoms with Crippen LogP contribution in [0.3, 0.4) is 0 Å². The van der Waals surface area contributed by atoms with Gasteiger partial charge in [0.1, 0.15) is 11.5 Å². The van der Waals surface area contributed by atoms with Crippen LogP contribution in [-0.4, -0.2) is 31.7 Å². The number of nitrogens with zero attached hydrogens (tertiary/aromatic N) is 3. The lowest BCUT2D eigenvalue weighted by molar-refractivity contribution is 0.102. The number of benzene rings is 1. The van der Waals surface area contributed by atoms with E-state index in [1.807, 2.05) is 36.4 Å². The number of fused-ring (bicyclic) bond motifs is 3. The van der Waals surface area contributed by atoms with Crippen molar-refractivity contribution in [2.75, 3.05) is 10.7 Å². The third-order valence-electron chi connectivity index (χ3n) is 3.57. The maximum absolute atomic E-state index is 12.4. The van der Waals surface area contributed by atoms with E-state index in [4.69, 9.17) is 23.2 Å². The number of carbonyl (C=O) groups is 1. The molecule has 1 aromatic carbocycles. The van der Waals surface area contributed by atoms with Gasteiger partial charge in [-0.2, -0.15) is 0 Å². The predicted molar refractivity (Wildman–Crippen MR) is 109 cm³/mol. The lowest BCUT2D eigenvalue weighted by atomic mass is 10.1. The Morgan fingerprint density at radius 2 is 1.52 bits per heavy atom. The highest BCUT2D eigenvalue weighted by Crippen LogP contribution is 2.22. The summed E-state index contributed by atoms with van der Waals surface area (Å²) in [4.78, 5) is 25.3. The molecule has 3 heterocycles. The van der Waals surface area contributed by atoms with E-state index < -0.39 is 0 Å². The molecule has 0 fully saturated rings. The Morgan fingerprint density at radius 1 is 0.852 bits per heavy atom. The SMILES string of the molecule is ClCCl.O.O=C(Nc1ccccn1)c1ccc2ccc3cccnc3c2n1. The molecule has 0 unspecified atom stereocenters. The van der Waals surface area contributed by atoms with Crippen LogP contribution in [0.4, 0.5) is 5.82 Å². The molecule has 1 amide bonds. The fraction of sp³-hybridized carbons (Fsp3) is 0.0526. The highest BCUT2D eigenvalue weighted by molar-refractivity contribution is 6.40. The van der Waals surface area contributed by atoms with E-state index in [9.17, 15) is 4.79 Å². The number of rotatable bonds is 2. The first-order valence-electron chi connectivity index (χ1n) is 7.71. The minimum atomic E-state index is -0.293. The van der Waals surface area contributed by atoms with E-state index in [0.717, 1.165) is 21.8 Å². The second-order valence-corrected chi connectivity index (χ2v) is 5.99. The van der Waals surface area contributed by atoms with Crippen LogP contribution in [-0.2, 0) is 0 Å². The molecule has 6 nitrogen and oxygen atoms in total. The molecule has 0 aliphatic heterocycles. The van der Waals surface area contributed by atoms with Crippen LogP contribution in [0.1, 0.15) is 10.5 Å². The highest BCUT2D eigenvalue weighted by atomic mass is 35.5. The molecule has 0 spiro atoms. The summed E-state index contributed by atoms with van der Waals surface area (Å²) in [5.41, 5.74) is 1.84. The number of aromatic nitrogens is 3. The summed E-state index contributed by atoms with van der Waals surface area (Å²) in [6, 6.07) is 16.8. The van der Waals surface area contributed by atoms with Crippen LogP contribution < -0.4 is 5.32 Å². The second-order valence-electron chi connectivity index (χ2n) is 5.18. The van der Waals surface area contributed by atoms with E-state index in [1.165, 1.54) is 0 Å². The van der Waals surface area contributed by atoms with Gasteiger partial charge >= 0.3 is 0 Å². The van der Waals surface area contributed by atoms with Gasteiger partial charge in [-0.15, -0.1) is 23.2 Å². The van der Waals surface area contributed by atoms with Crippen molar-refractivity contribution in [2.45, 2.75) is 0 Å². The zero-order valence-electron chi connectivity index (χ0n) is 14.1. The van der Waals surface area contributed by atoms with Crippen LogP contribution in [0.15, 0.2) is 67.0 Å². The Bertz CT molecular complexity index is 1050. The van der Waals surface area contributed by atoms with Crippen molar-refractivity contribution in [3.05, 3.63) is 72.7 Å². The molecule has 0 atom stereocenters.